The van der Waals surface area contributed by atoms with Gasteiger partial charge in [-0.25, -0.2) is 0 Å². The molecule has 2 aliphatic heterocycles. The summed E-state index contributed by atoms with van der Waals surface area (Å²) in [5.41, 5.74) is 1.26. The van der Waals surface area contributed by atoms with Crippen LogP contribution in [0.3, 0.4) is 0 Å². The number of methoxy groups -OCH3 is 1. The third-order valence-corrected chi connectivity index (χ3v) is 6.05. The molecule has 5 nitrogen and oxygen atoms in total. The topological polar surface area (TPSA) is 42.0 Å². The number of nitrogens with zero attached hydrogens (tertiary/aromatic N) is 2. The van der Waals surface area contributed by atoms with Crippen LogP contribution < -0.4 is 4.74 Å². The van der Waals surface area contributed by atoms with Crippen LogP contribution in [-0.4, -0.2) is 68.3 Å². The Morgan fingerprint density at radius 3 is 2.56 bits per heavy atom. The van der Waals surface area contributed by atoms with Gasteiger partial charge in [-0.3, -0.25) is 9.69 Å². The van der Waals surface area contributed by atoms with Crippen LogP contribution in [0.4, 0.5) is 0 Å². The molecule has 0 aromatic heterocycles. The molecule has 2 saturated heterocycles. The van der Waals surface area contributed by atoms with E-state index in [0.717, 1.165) is 51.6 Å². The lowest BCUT2D eigenvalue weighted by atomic mass is 10.0. The summed E-state index contributed by atoms with van der Waals surface area (Å²) in [6.45, 7) is 7.68. The number of benzene rings is 1. The van der Waals surface area contributed by atoms with E-state index < -0.39 is 0 Å². The third-order valence-electron chi connectivity index (χ3n) is 6.05. The second kappa shape index (κ2) is 6.96. The van der Waals surface area contributed by atoms with Crippen LogP contribution in [0, 0.1) is 11.8 Å². The molecule has 4 rings (SSSR count). The SMILES string of the molecule is COc1ccc([C@@H]2C[C@@H]2C(=O)N2C[C@@H](C)[C@H](N3CCOCC3)C2)cc1. The van der Waals surface area contributed by atoms with Gasteiger partial charge in [-0.1, -0.05) is 19.1 Å². The zero-order valence-electron chi connectivity index (χ0n) is 15.2. The van der Waals surface area contributed by atoms with Crippen molar-refractivity contribution in [2.24, 2.45) is 11.8 Å². The standard InChI is InChI=1S/C20H28N2O3/c1-14-12-22(13-19(14)21-7-9-25-10-8-21)20(23)18-11-17(18)15-3-5-16(24-2)6-4-15/h3-6,14,17-19H,7-13H2,1-2H3/t14-,17+,18+,19-/m1/s1. The Hall–Kier alpha value is -1.59. The van der Waals surface area contributed by atoms with Crippen molar-refractivity contribution in [1.29, 1.82) is 0 Å². The van der Waals surface area contributed by atoms with Crippen molar-refractivity contribution in [2.75, 3.05) is 46.5 Å². The number of likely N-dealkylation sites (tertiary alicyclic amines) is 1. The molecule has 1 saturated carbocycles. The summed E-state index contributed by atoms with van der Waals surface area (Å²) in [6, 6.07) is 8.66. The van der Waals surface area contributed by atoms with Crippen molar-refractivity contribution in [3.63, 3.8) is 0 Å². The summed E-state index contributed by atoms with van der Waals surface area (Å²) in [5.74, 6) is 2.32. The van der Waals surface area contributed by atoms with E-state index in [1.54, 1.807) is 7.11 Å². The number of hydrogen-bond acceptors (Lipinski definition) is 4. The van der Waals surface area contributed by atoms with Gasteiger partial charge in [-0.2, -0.15) is 0 Å². The summed E-state index contributed by atoms with van der Waals surface area (Å²) in [4.78, 5) is 17.6. The van der Waals surface area contributed by atoms with Gasteiger partial charge in [-0.05, 0) is 36.0 Å². The van der Waals surface area contributed by atoms with Crippen molar-refractivity contribution in [1.82, 2.24) is 9.80 Å². The summed E-state index contributed by atoms with van der Waals surface area (Å²) >= 11 is 0. The van der Waals surface area contributed by atoms with Gasteiger partial charge in [0.1, 0.15) is 5.75 Å². The molecule has 5 heteroatoms. The number of carbonyl (C=O) groups is 1. The Labute approximate surface area is 149 Å². The molecule has 2 heterocycles. The van der Waals surface area contributed by atoms with Crippen molar-refractivity contribution >= 4 is 5.91 Å². The fourth-order valence-corrected chi connectivity index (χ4v) is 4.44. The molecule has 25 heavy (non-hydrogen) atoms. The van der Waals surface area contributed by atoms with Crippen LogP contribution in [0.1, 0.15) is 24.8 Å². The first-order valence-electron chi connectivity index (χ1n) is 9.42. The Morgan fingerprint density at radius 1 is 1.16 bits per heavy atom. The average molecular weight is 344 g/mol. The van der Waals surface area contributed by atoms with E-state index in [0.29, 0.717) is 23.8 Å². The minimum Gasteiger partial charge on any atom is -0.497 e. The van der Waals surface area contributed by atoms with Crippen molar-refractivity contribution in [3.05, 3.63) is 29.8 Å². The van der Waals surface area contributed by atoms with Crippen LogP contribution in [0.15, 0.2) is 24.3 Å². The van der Waals surface area contributed by atoms with Crippen molar-refractivity contribution < 1.29 is 14.3 Å². The summed E-state index contributed by atoms with van der Waals surface area (Å²) in [6.07, 6.45) is 0.984. The Balaban J connectivity index is 1.35. The number of ether oxygens (including phenoxy) is 2. The van der Waals surface area contributed by atoms with E-state index in [2.05, 4.69) is 28.9 Å². The lowest BCUT2D eigenvalue weighted by molar-refractivity contribution is -0.131. The summed E-state index contributed by atoms with van der Waals surface area (Å²) in [7, 11) is 1.68. The molecule has 0 unspecified atom stereocenters. The quantitative estimate of drug-likeness (QED) is 0.838. The molecule has 3 fully saturated rings. The second-order valence-electron chi connectivity index (χ2n) is 7.66. The van der Waals surface area contributed by atoms with Crippen LogP contribution in [0.5, 0.6) is 5.75 Å². The highest BCUT2D eigenvalue weighted by atomic mass is 16.5. The van der Waals surface area contributed by atoms with E-state index in [4.69, 9.17) is 9.47 Å². The molecule has 4 atom stereocenters. The maximum absolute atomic E-state index is 12.9. The number of rotatable bonds is 4. The van der Waals surface area contributed by atoms with Crippen LogP contribution in [-0.2, 0) is 9.53 Å². The van der Waals surface area contributed by atoms with Crippen LogP contribution in [0.25, 0.3) is 0 Å². The molecule has 0 N–H and O–H groups in total. The van der Waals surface area contributed by atoms with Crippen molar-refractivity contribution in [2.45, 2.75) is 25.3 Å². The Bertz CT molecular complexity index is 612. The zero-order chi connectivity index (χ0) is 17.4. The van der Waals surface area contributed by atoms with Gasteiger partial charge in [0.25, 0.3) is 0 Å². The molecule has 1 amide bonds. The fourth-order valence-electron chi connectivity index (χ4n) is 4.44. The van der Waals surface area contributed by atoms with E-state index in [1.807, 2.05) is 12.1 Å². The normalized spacial score (nSPS) is 32.6. The van der Waals surface area contributed by atoms with E-state index >= 15 is 0 Å². The smallest absolute Gasteiger partial charge is 0.226 e. The first-order chi connectivity index (χ1) is 12.2. The maximum Gasteiger partial charge on any atom is 0.226 e. The minimum atomic E-state index is 0.170. The first kappa shape index (κ1) is 16.9. The first-order valence-corrected chi connectivity index (χ1v) is 9.42. The highest BCUT2D eigenvalue weighted by Gasteiger charge is 2.48. The molecule has 0 spiro atoms. The number of carbonyl (C=O) groups excluding carboxylic acids is 1. The molecular weight excluding hydrogens is 316 g/mol. The number of amides is 1. The zero-order valence-corrected chi connectivity index (χ0v) is 15.2. The lowest BCUT2D eigenvalue weighted by Gasteiger charge is -2.34. The van der Waals surface area contributed by atoms with Gasteiger partial charge < -0.3 is 14.4 Å². The fraction of sp³-hybridized carbons (Fsp3) is 0.650. The molecule has 1 aliphatic carbocycles. The predicted octanol–water partition coefficient (Wildman–Crippen LogP) is 1.98. The van der Waals surface area contributed by atoms with Gasteiger partial charge in [0.05, 0.1) is 20.3 Å². The monoisotopic (exact) mass is 344 g/mol. The highest BCUT2D eigenvalue weighted by molar-refractivity contribution is 5.83. The summed E-state index contributed by atoms with van der Waals surface area (Å²) < 4.78 is 10.7. The third kappa shape index (κ3) is 3.40. The second-order valence-corrected chi connectivity index (χ2v) is 7.66. The van der Waals surface area contributed by atoms with E-state index in [1.165, 1.54) is 5.56 Å². The Morgan fingerprint density at radius 2 is 1.88 bits per heavy atom. The Kier molecular flexibility index (Phi) is 4.69. The molecule has 0 bridgehead atoms. The number of hydrogen-bond donors (Lipinski definition) is 0. The highest BCUT2D eigenvalue weighted by Crippen LogP contribution is 2.49. The number of morpholine rings is 1. The lowest BCUT2D eigenvalue weighted by Crippen LogP contribution is -2.47. The molecular formula is C20H28N2O3. The minimum absolute atomic E-state index is 0.170. The molecule has 1 aromatic rings. The maximum atomic E-state index is 12.9. The molecule has 3 aliphatic rings. The van der Waals surface area contributed by atoms with Crippen LogP contribution >= 0.6 is 0 Å². The molecule has 136 valence electrons. The predicted molar refractivity (Wildman–Crippen MR) is 95.8 cm³/mol. The molecule has 1 aromatic carbocycles. The molecule has 0 radical (unpaired) electrons. The van der Waals surface area contributed by atoms with E-state index in [-0.39, 0.29) is 5.92 Å². The van der Waals surface area contributed by atoms with Gasteiger partial charge in [0.2, 0.25) is 5.91 Å². The van der Waals surface area contributed by atoms with Gasteiger partial charge in [-0.15, -0.1) is 0 Å². The summed E-state index contributed by atoms with van der Waals surface area (Å²) in [5, 5.41) is 0. The largest absolute Gasteiger partial charge is 0.497 e. The van der Waals surface area contributed by atoms with Gasteiger partial charge in [0, 0.05) is 38.1 Å². The van der Waals surface area contributed by atoms with Gasteiger partial charge in [0.15, 0.2) is 0 Å². The van der Waals surface area contributed by atoms with Gasteiger partial charge >= 0.3 is 0 Å². The van der Waals surface area contributed by atoms with E-state index in [9.17, 15) is 4.79 Å². The van der Waals surface area contributed by atoms with Crippen molar-refractivity contribution in [3.8, 4) is 5.75 Å². The van der Waals surface area contributed by atoms with Crippen LogP contribution in [0.2, 0.25) is 0 Å². The average Bonchev–Trinajstić information content (AvgIpc) is 3.37.